The van der Waals surface area contributed by atoms with Crippen LogP contribution in [0, 0.1) is 0 Å². The SMILES string of the molecule is C[C@@H]1CN(c2ccc(C(=O)N[C@H](C)c3ccc4c(c3)CCC(=O)N4)cn2)C[C@@H](C)O1. The fourth-order valence-electron chi connectivity index (χ4n) is 4.11. The molecule has 2 aromatic rings. The molecule has 158 valence electrons. The van der Waals surface area contributed by atoms with Gasteiger partial charge in [-0.05, 0) is 56.5 Å². The fraction of sp³-hybridized carbons (Fsp3) is 0.435. The normalized spacial score (nSPS) is 22.1. The van der Waals surface area contributed by atoms with Gasteiger partial charge in [0, 0.05) is 31.4 Å². The van der Waals surface area contributed by atoms with Crippen LogP contribution in [0.4, 0.5) is 11.5 Å². The number of rotatable bonds is 4. The van der Waals surface area contributed by atoms with E-state index in [1.807, 2.05) is 31.2 Å². The van der Waals surface area contributed by atoms with Crippen molar-refractivity contribution in [3.8, 4) is 0 Å². The van der Waals surface area contributed by atoms with E-state index in [9.17, 15) is 9.59 Å². The zero-order valence-corrected chi connectivity index (χ0v) is 17.6. The topological polar surface area (TPSA) is 83.6 Å². The maximum absolute atomic E-state index is 12.7. The number of carbonyl (C=O) groups is 2. The first-order valence-corrected chi connectivity index (χ1v) is 10.5. The van der Waals surface area contributed by atoms with E-state index in [1.54, 1.807) is 6.20 Å². The molecule has 3 atom stereocenters. The number of aryl methyl sites for hydroxylation is 1. The molecule has 1 saturated heterocycles. The van der Waals surface area contributed by atoms with Crippen LogP contribution in [-0.2, 0) is 16.0 Å². The average molecular weight is 409 g/mol. The summed E-state index contributed by atoms with van der Waals surface area (Å²) in [7, 11) is 0. The van der Waals surface area contributed by atoms with Crippen molar-refractivity contribution in [2.45, 2.75) is 51.9 Å². The van der Waals surface area contributed by atoms with E-state index in [-0.39, 0.29) is 30.1 Å². The monoisotopic (exact) mass is 408 g/mol. The summed E-state index contributed by atoms with van der Waals surface area (Å²) < 4.78 is 5.77. The number of amides is 2. The lowest BCUT2D eigenvalue weighted by molar-refractivity contribution is -0.116. The molecule has 2 aliphatic rings. The molecule has 4 rings (SSSR count). The van der Waals surface area contributed by atoms with Gasteiger partial charge in [0.1, 0.15) is 5.82 Å². The Morgan fingerprint density at radius 2 is 1.97 bits per heavy atom. The molecule has 2 N–H and O–H groups in total. The van der Waals surface area contributed by atoms with Crippen LogP contribution >= 0.6 is 0 Å². The van der Waals surface area contributed by atoms with Gasteiger partial charge in [0.25, 0.3) is 5.91 Å². The highest BCUT2D eigenvalue weighted by atomic mass is 16.5. The first-order valence-electron chi connectivity index (χ1n) is 10.5. The van der Waals surface area contributed by atoms with Crippen molar-refractivity contribution in [3.05, 3.63) is 53.2 Å². The molecule has 7 heteroatoms. The second-order valence-electron chi connectivity index (χ2n) is 8.23. The molecule has 0 radical (unpaired) electrons. The summed E-state index contributed by atoms with van der Waals surface area (Å²) in [6, 6.07) is 9.47. The number of ether oxygens (including phenoxy) is 1. The highest BCUT2D eigenvalue weighted by Crippen LogP contribution is 2.26. The van der Waals surface area contributed by atoms with Crippen molar-refractivity contribution in [1.29, 1.82) is 0 Å². The Bertz CT molecular complexity index is 934. The molecule has 0 spiro atoms. The lowest BCUT2D eigenvalue weighted by atomic mass is 9.97. The van der Waals surface area contributed by atoms with Crippen molar-refractivity contribution in [2.24, 2.45) is 0 Å². The minimum Gasteiger partial charge on any atom is -0.372 e. The number of morpholine rings is 1. The number of benzene rings is 1. The molecule has 0 unspecified atom stereocenters. The third kappa shape index (κ3) is 4.46. The predicted molar refractivity (Wildman–Crippen MR) is 116 cm³/mol. The number of anilines is 2. The van der Waals surface area contributed by atoms with Gasteiger partial charge in [-0.15, -0.1) is 0 Å². The van der Waals surface area contributed by atoms with Gasteiger partial charge in [0.15, 0.2) is 0 Å². The van der Waals surface area contributed by atoms with Crippen molar-refractivity contribution < 1.29 is 14.3 Å². The van der Waals surface area contributed by atoms with Crippen LogP contribution in [0.3, 0.4) is 0 Å². The van der Waals surface area contributed by atoms with E-state index < -0.39 is 0 Å². The average Bonchev–Trinajstić information content (AvgIpc) is 2.72. The summed E-state index contributed by atoms with van der Waals surface area (Å²) in [6.07, 6.45) is 3.16. The molecule has 7 nitrogen and oxygen atoms in total. The molecule has 0 saturated carbocycles. The Balaban J connectivity index is 1.40. The summed E-state index contributed by atoms with van der Waals surface area (Å²) in [5, 5.41) is 5.93. The Morgan fingerprint density at radius 1 is 1.20 bits per heavy atom. The maximum Gasteiger partial charge on any atom is 0.253 e. The van der Waals surface area contributed by atoms with Gasteiger partial charge in [-0.3, -0.25) is 9.59 Å². The first-order chi connectivity index (χ1) is 14.4. The Kier molecular flexibility index (Phi) is 5.72. The van der Waals surface area contributed by atoms with Gasteiger partial charge in [-0.25, -0.2) is 4.98 Å². The summed E-state index contributed by atoms with van der Waals surface area (Å²) in [6.45, 7) is 7.65. The number of pyridine rings is 1. The minimum atomic E-state index is -0.156. The molecular formula is C23H28N4O3. The van der Waals surface area contributed by atoms with E-state index in [1.165, 1.54) is 0 Å². The standard InChI is InChI=1S/C23H28N4O3/c1-14-12-27(13-15(2)30-14)21-8-5-19(11-24-21)23(29)25-16(3)17-4-7-20-18(10-17)6-9-22(28)26-20/h4-5,7-8,10-11,14-16H,6,9,12-13H2,1-3H3,(H,25,29)(H,26,28)/t14-,15-,16-/m1/s1. The zero-order chi connectivity index (χ0) is 21.3. The van der Waals surface area contributed by atoms with E-state index in [4.69, 9.17) is 4.74 Å². The number of fused-ring (bicyclic) bond motifs is 1. The molecule has 0 bridgehead atoms. The summed E-state index contributed by atoms with van der Waals surface area (Å²) in [5.41, 5.74) is 3.51. The van der Waals surface area contributed by atoms with Gasteiger partial charge in [0.05, 0.1) is 23.8 Å². The van der Waals surface area contributed by atoms with Gasteiger partial charge >= 0.3 is 0 Å². The first kappa shape index (κ1) is 20.3. The second kappa shape index (κ2) is 8.44. The van der Waals surface area contributed by atoms with Crippen molar-refractivity contribution in [1.82, 2.24) is 10.3 Å². The molecule has 1 aromatic heterocycles. The fourth-order valence-corrected chi connectivity index (χ4v) is 4.11. The van der Waals surface area contributed by atoms with E-state index in [0.717, 1.165) is 42.1 Å². The highest BCUT2D eigenvalue weighted by Gasteiger charge is 2.23. The number of aromatic nitrogens is 1. The smallest absolute Gasteiger partial charge is 0.253 e. The quantitative estimate of drug-likeness (QED) is 0.812. The summed E-state index contributed by atoms with van der Waals surface area (Å²) in [4.78, 5) is 30.9. The molecule has 2 amide bonds. The predicted octanol–water partition coefficient (Wildman–Crippen LogP) is 3.07. The largest absolute Gasteiger partial charge is 0.372 e. The maximum atomic E-state index is 12.7. The lowest BCUT2D eigenvalue weighted by Crippen LogP contribution is -2.45. The molecule has 3 heterocycles. The van der Waals surface area contributed by atoms with Gasteiger partial charge in [-0.2, -0.15) is 0 Å². The van der Waals surface area contributed by atoms with Crippen LogP contribution in [0.5, 0.6) is 0 Å². The van der Waals surface area contributed by atoms with Gasteiger partial charge < -0.3 is 20.3 Å². The van der Waals surface area contributed by atoms with E-state index >= 15 is 0 Å². The number of nitrogens with zero attached hydrogens (tertiary/aromatic N) is 2. The molecule has 30 heavy (non-hydrogen) atoms. The van der Waals surface area contributed by atoms with Crippen LogP contribution < -0.4 is 15.5 Å². The Morgan fingerprint density at radius 3 is 2.67 bits per heavy atom. The number of hydrogen-bond donors (Lipinski definition) is 2. The van der Waals surface area contributed by atoms with Crippen molar-refractivity contribution in [2.75, 3.05) is 23.3 Å². The zero-order valence-electron chi connectivity index (χ0n) is 17.6. The van der Waals surface area contributed by atoms with Crippen molar-refractivity contribution >= 4 is 23.3 Å². The van der Waals surface area contributed by atoms with Gasteiger partial charge in [0.2, 0.25) is 5.91 Å². The third-order valence-corrected chi connectivity index (χ3v) is 5.63. The van der Waals surface area contributed by atoms with Crippen molar-refractivity contribution in [3.63, 3.8) is 0 Å². The van der Waals surface area contributed by atoms with E-state index in [0.29, 0.717) is 12.0 Å². The molecule has 0 aliphatic carbocycles. The minimum absolute atomic E-state index is 0.0496. The lowest BCUT2D eigenvalue weighted by Gasteiger charge is -2.36. The Hall–Kier alpha value is -2.93. The van der Waals surface area contributed by atoms with Crippen LogP contribution in [0.25, 0.3) is 0 Å². The van der Waals surface area contributed by atoms with Crippen LogP contribution in [0.1, 0.15) is 54.7 Å². The number of carbonyl (C=O) groups excluding carboxylic acids is 2. The molecule has 2 aliphatic heterocycles. The summed E-state index contributed by atoms with van der Waals surface area (Å²) >= 11 is 0. The highest BCUT2D eigenvalue weighted by molar-refractivity contribution is 5.95. The molecular weight excluding hydrogens is 380 g/mol. The van der Waals surface area contributed by atoms with Gasteiger partial charge in [-0.1, -0.05) is 12.1 Å². The van der Waals surface area contributed by atoms with E-state index in [2.05, 4.69) is 40.4 Å². The van der Waals surface area contributed by atoms with Crippen LogP contribution in [0.15, 0.2) is 36.5 Å². The van der Waals surface area contributed by atoms with Crippen LogP contribution in [-0.4, -0.2) is 42.1 Å². The summed E-state index contributed by atoms with van der Waals surface area (Å²) in [5.74, 6) is 0.753. The molecule has 1 fully saturated rings. The molecule has 1 aromatic carbocycles. The Labute approximate surface area is 176 Å². The number of nitrogens with one attached hydrogen (secondary N) is 2. The second-order valence-corrected chi connectivity index (χ2v) is 8.23. The van der Waals surface area contributed by atoms with Crippen LogP contribution in [0.2, 0.25) is 0 Å². The third-order valence-electron chi connectivity index (χ3n) is 5.63. The number of hydrogen-bond acceptors (Lipinski definition) is 5.